The number of hydrogen-bond donors (Lipinski definition) is 0. The molecule has 2 atom stereocenters. The molecule has 0 N–H and O–H groups in total. The van der Waals surface area contributed by atoms with Crippen LogP contribution < -0.4 is 0 Å². The normalized spacial score (nSPS) is 16.1. The second-order valence-corrected chi connectivity index (χ2v) is 6.58. The molecule has 0 spiro atoms. The minimum Gasteiger partial charge on any atom is -0.268 e. The first kappa shape index (κ1) is 15.6. The first-order valence-electron chi connectivity index (χ1n) is 7.45. The largest absolute Gasteiger partial charge is 0.271 e. The Labute approximate surface area is 140 Å². The number of rotatable bonds is 5. The van der Waals surface area contributed by atoms with Crippen molar-refractivity contribution in [2.75, 3.05) is 0 Å². The molecule has 0 aliphatic carbocycles. The highest BCUT2D eigenvalue weighted by Crippen LogP contribution is 2.36. The van der Waals surface area contributed by atoms with Crippen LogP contribution in [0.5, 0.6) is 0 Å². The fraction of sp³-hybridized carbons (Fsp3) is 0.158. The van der Waals surface area contributed by atoms with Gasteiger partial charge in [-0.3, -0.25) is 9.59 Å². The van der Waals surface area contributed by atoms with Crippen molar-refractivity contribution in [2.24, 2.45) is 0 Å². The molecule has 4 heteroatoms. The van der Waals surface area contributed by atoms with Gasteiger partial charge in [0.1, 0.15) is 0 Å². The monoisotopic (exact) mass is 323 g/mol. The van der Waals surface area contributed by atoms with E-state index in [1.165, 1.54) is 16.3 Å². The van der Waals surface area contributed by atoms with E-state index in [0.29, 0.717) is 11.1 Å². The van der Waals surface area contributed by atoms with Gasteiger partial charge in [-0.15, -0.1) is 6.58 Å². The zero-order valence-electron chi connectivity index (χ0n) is 12.8. The van der Waals surface area contributed by atoms with Gasteiger partial charge in [-0.25, -0.2) is 4.31 Å². The molecular formula is C19H17NO2S. The second kappa shape index (κ2) is 6.42. The van der Waals surface area contributed by atoms with Crippen LogP contribution in [0.1, 0.15) is 39.1 Å². The minimum atomic E-state index is -0.247. The van der Waals surface area contributed by atoms with Crippen molar-refractivity contribution >= 4 is 23.8 Å². The lowest BCUT2D eigenvalue weighted by Gasteiger charge is -2.24. The lowest BCUT2D eigenvalue weighted by Crippen LogP contribution is -2.27. The maximum absolute atomic E-state index is 12.5. The van der Waals surface area contributed by atoms with Crippen molar-refractivity contribution < 1.29 is 9.59 Å². The van der Waals surface area contributed by atoms with Crippen LogP contribution in [-0.2, 0) is 0 Å². The van der Waals surface area contributed by atoms with Crippen molar-refractivity contribution in [2.45, 2.75) is 18.1 Å². The van der Waals surface area contributed by atoms with Gasteiger partial charge < -0.3 is 0 Å². The van der Waals surface area contributed by atoms with E-state index in [2.05, 4.69) is 13.5 Å². The Morgan fingerprint density at radius 3 is 2.00 bits per heavy atom. The smallest absolute Gasteiger partial charge is 0.268 e. The van der Waals surface area contributed by atoms with Gasteiger partial charge in [0.05, 0.1) is 11.1 Å². The molecule has 3 nitrogen and oxygen atoms in total. The first-order chi connectivity index (χ1) is 11.1. The average molecular weight is 323 g/mol. The number of carbonyl (C=O) groups is 2. The molecule has 3 rings (SSSR count). The predicted octanol–water partition coefficient (Wildman–Crippen LogP) is 4.29. The van der Waals surface area contributed by atoms with Crippen molar-refractivity contribution in [1.82, 2.24) is 4.31 Å². The number of carbonyl (C=O) groups excluding carboxylic acids is 2. The Kier molecular flexibility index (Phi) is 4.35. The molecule has 0 bridgehead atoms. The minimum absolute atomic E-state index is 0.0698. The molecule has 2 aromatic carbocycles. The summed E-state index contributed by atoms with van der Waals surface area (Å²) in [6.07, 6.45) is 1.80. The average Bonchev–Trinajstić information content (AvgIpc) is 2.84. The number of amides is 2. The number of nitrogens with zero attached hydrogens (tertiary/aromatic N) is 1. The number of fused-ring (bicyclic) bond motifs is 1. The summed E-state index contributed by atoms with van der Waals surface area (Å²) in [7, 11) is 0. The van der Waals surface area contributed by atoms with Crippen LogP contribution in [0.4, 0.5) is 0 Å². The van der Waals surface area contributed by atoms with Gasteiger partial charge in [-0.2, -0.15) is 0 Å². The maximum Gasteiger partial charge on any atom is 0.271 e. The van der Waals surface area contributed by atoms with E-state index in [1.807, 2.05) is 30.3 Å². The van der Waals surface area contributed by atoms with Crippen molar-refractivity contribution in [3.8, 4) is 0 Å². The van der Waals surface area contributed by atoms with Crippen LogP contribution in [0.25, 0.3) is 0 Å². The van der Waals surface area contributed by atoms with Crippen molar-refractivity contribution in [3.63, 3.8) is 0 Å². The van der Waals surface area contributed by atoms with Gasteiger partial charge in [-0.1, -0.05) is 55.5 Å². The summed E-state index contributed by atoms with van der Waals surface area (Å²) in [5, 5.41) is -0.0698. The summed E-state index contributed by atoms with van der Waals surface area (Å²) in [6, 6.07) is 17.0. The van der Waals surface area contributed by atoms with E-state index >= 15 is 0 Å². The van der Waals surface area contributed by atoms with Crippen LogP contribution in [0.2, 0.25) is 0 Å². The van der Waals surface area contributed by atoms with Crippen molar-refractivity contribution in [1.29, 1.82) is 0 Å². The Hall–Kier alpha value is -2.33. The number of benzene rings is 2. The summed E-state index contributed by atoms with van der Waals surface area (Å²) >= 11 is 1.24. The van der Waals surface area contributed by atoms with Gasteiger partial charge >= 0.3 is 0 Å². The van der Waals surface area contributed by atoms with Crippen LogP contribution in [0, 0.1) is 0 Å². The molecule has 0 saturated heterocycles. The van der Waals surface area contributed by atoms with E-state index in [1.54, 1.807) is 30.3 Å². The Morgan fingerprint density at radius 1 is 0.957 bits per heavy atom. The molecule has 2 aromatic rings. The molecule has 23 heavy (non-hydrogen) atoms. The standard InChI is InChI=1S/C19H17NO2S/c1-3-17(13(2)14-9-5-4-6-10-14)23-20-18(21)15-11-7-8-12-16(15)19(20)22/h3-13,17H,1H2,2H3/t13-,17-/m1/s1. The van der Waals surface area contributed by atoms with Gasteiger partial charge in [0.25, 0.3) is 11.8 Å². The third-order valence-electron chi connectivity index (χ3n) is 4.03. The molecule has 0 aromatic heterocycles. The molecule has 1 aliphatic heterocycles. The molecule has 2 amide bonds. The Balaban J connectivity index is 1.82. The highest BCUT2D eigenvalue weighted by molar-refractivity contribution is 7.98. The summed E-state index contributed by atoms with van der Waals surface area (Å²) < 4.78 is 1.26. The molecule has 1 heterocycles. The van der Waals surface area contributed by atoms with E-state index < -0.39 is 0 Å². The van der Waals surface area contributed by atoms with E-state index in [-0.39, 0.29) is 23.0 Å². The lowest BCUT2D eigenvalue weighted by atomic mass is 9.98. The van der Waals surface area contributed by atoms with Gasteiger partial charge in [0, 0.05) is 5.25 Å². The first-order valence-corrected chi connectivity index (χ1v) is 8.29. The van der Waals surface area contributed by atoms with E-state index in [9.17, 15) is 9.59 Å². The predicted molar refractivity (Wildman–Crippen MR) is 93.4 cm³/mol. The topological polar surface area (TPSA) is 37.4 Å². The molecular weight excluding hydrogens is 306 g/mol. The third kappa shape index (κ3) is 2.82. The summed E-state index contributed by atoms with van der Waals surface area (Å²) in [4.78, 5) is 24.9. The molecule has 0 fully saturated rings. The zero-order chi connectivity index (χ0) is 16.4. The lowest BCUT2D eigenvalue weighted by molar-refractivity contribution is 0.0776. The van der Waals surface area contributed by atoms with Crippen LogP contribution >= 0.6 is 11.9 Å². The Bertz CT molecular complexity index is 722. The Morgan fingerprint density at radius 2 is 1.48 bits per heavy atom. The number of imide groups is 1. The molecule has 0 saturated carbocycles. The highest BCUT2D eigenvalue weighted by atomic mass is 32.2. The molecule has 0 radical (unpaired) electrons. The molecule has 1 aliphatic rings. The van der Waals surface area contributed by atoms with Crippen LogP contribution in [0.15, 0.2) is 67.3 Å². The van der Waals surface area contributed by atoms with Crippen LogP contribution in [0.3, 0.4) is 0 Å². The third-order valence-corrected chi connectivity index (χ3v) is 5.42. The van der Waals surface area contributed by atoms with Crippen molar-refractivity contribution in [3.05, 3.63) is 83.9 Å². The fourth-order valence-corrected chi connectivity index (χ4v) is 3.73. The fourth-order valence-electron chi connectivity index (χ4n) is 2.67. The molecule has 0 unspecified atom stereocenters. The van der Waals surface area contributed by atoms with E-state index in [0.717, 1.165) is 5.56 Å². The van der Waals surface area contributed by atoms with Gasteiger partial charge in [-0.05, 0) is 35.6 Å². The highest BCUT2D eigenvalue weighted by Gasteiger charge is 2.37. The van der Waals surface area contributed by atoms with Crippen LogP contribution in [-0.4, -0.2) is 21.4 Å². The summed E-state index contributed by atoms with van der Waals surface area (Å²) in [5.74, 6) is -0.353. The zero-order valence-corrected chi connectivity index (χ0v) is 13.6. The summed E-state index contributed by atoms with van der Waals surface area (Å²) in [5.41, 5.74) is 2.10. The van der Waals surface area contributed by atoms with Gasteiger partial charge in [0.2, 0.25) is 0 Å². The quantitative estimate of drug-likeness (QED) is 0.468. The van der Waals surface area contributed by atoms with Gasteiger partial charge in [0.15, 0.2) is 0 Å². The maximum atomic E-state index is 12.5. The molecule has 116 valence electrons. The summed E-state index contributed by atoms with van der Waals surface area (Å²) in [6.45, 7) is 5.96. The SMILES string of the molecule is C=C[C@@H](SN1C(=O)c2ccccc2C1=O)[C@H](C)c1ccccc1. The second-order valence-electron chi connectivity index (χ2n) is 5.46. The number of hydrogen-bond acceptors (Lipinski definition) is 3. The van der Waals surface area contributed by atoms with E-state index in [4.69, 9.17) is 0 Å².